The molecule has 4 rings (SSSR count). The molecule has 0 radical (unpaired) electrons. The van der Waals surface area contributed by atoms with Crippen LogP contribution in [0.4, 0.5) is 10.5 Å². The standard InChI is InChI=1S/C24H27N3O3/c1-16(2)27(20-10-5-4-6-11-20)21(28)15-26-22(29)24(3,25-23(26)30)19-13-12-17-8-7-9-18(17)14-19/h4-6,10-14,16H,7-9,15H2,1-3H3,(H,25,30)/t24-/m1/s1. The average Bonchev–Trinajstić information content (AvgIpc) is 3.27. The Kier molecular flexibility index (Phi) is 5.10. The van der Waals surface area contributed by atoms with Gasteiger partial charge in [-0.2, -0.15) is 0 Å². The van der Waals surface area contributed by atoms with E-state index in [-0.39, 0.29) is 18.5 Å². The van der Waals surface area contributed by atoms with Crippen LogP contribution in [0.15, 0.2) is 48.5 Å². The Hall–Kier alpha value is -3.15. The summed E-state index contributed by atoms with van der Waals surface area (Å²) in [6, 6.07) is 14.6. The van der Waals surface area contributed by atoms with Gasteiger partial charge in [-0.15, -0.1) is 0 Å². The topological polar surface area (TPSA) is 69.7 Å². The van der Waals surface area contributed by atoms with Gasteiger partial charge in [-0.1, -0.05) is 36.4 Å². The van der Waals surface area contributed by atoms with Crippen LogP contribution >= 0.6 is 0 Å². The van der Waals surface area contributed by atoms with Crippen molar-refractivity contribution >= 4 is 23.5 Å². The van der Waals surface area contributed by atoms with Gasteiger partial charge < -0.3 is 10.2 Å². The molecular formula is C24H27N3O3. The SMILES string of the molecule is CC(C)N(C(=O)CN1C(=O)N[C@](C)(c2ccc3c(c2)CCC3)C1=O)c1ccccc1. The van der Waals surface area contributed by atoms with E-state index in [2.05, 4.69) is 5.32 Å². The van der Waals surface area contributed by atoms with Crippen molar-refractivity contribution in [2.75, 3.05) is 11.4 Å². The first-order valence-corrected chi connectivity index (χ1v) is 10.4. The van der Waals surface area contributed by atoms with Crippen molar-refractivity contribution in [2.45, 2.75) is 51.6 Å². The van der Waals surface area contributed by atoms with Crippen molar-refractivity contribution in [3.05, 3.63) is 65.2 Å². The fourth-order valence-electron chi connectivity index (χ4n) is 4.45. The Morgan fingerprint density at radius 3 is 2.50 bits per heavy atom. The molecule has 2 aromatic carbocycles. The summed E-state index contributed by atoms with van der Waals surface area (Å²) in [5.74, 6) is -0.687. The number of benzene rings is 2. The monoisotopic (exact) mass is 405 g/mol. The van der Waals surface area contributed by atoms with Crippen LogP contribution in [0.2, 0.25) is 0 Å². The van der Waals surface area contributed by atoms with E-state index >= 15 is 0 Å². The second-order valence-corrected chi connectivity index (χ2v) is 8.48. The normalized spacial score (nSPS) is 20.5. The average molecular weight is 405 g/mol. The predicted molar refractivity (Wildman–Crippen MR) is 115 cm³/mol. The van der Waals surface area contributed by atoms with Crippen molar-refractivity contribution in [3.63, 3.8) is 0 Å². The number of nitrogens with one attached hydrogen (secondary N) is 1. The second kappa shape index (κ2) is 7.59. The van der Waals surface area contributed by atoms with E-state index in [0.29, 0.717) is 0 Å². The maximum absolute atomic E-state index is 13.3. The molecule has 156 valence electrons. The van der Waals surface area contributed by atoms with E-state index in [0.717, 1.165) is 35.4 Å². The summed E-state index contributed by atoms with van der Waals surface area (Å²) in [5.41, 5.74) is 2.89. The number of rotatable bonds is 5. The number of hydrogen-bond donors (Lipinski definition) is 1. The van der Waals surface area contributed by atoms with Gasteiger partial charge in [0.2, 0.25) is 5.91 Å². The smallest absolute Gasteiger partial charge is 0.319 e. The summed E-state index contributed by atoms with van der Waals surface area (Å²) >= 11 is 0. The molecule has 0 spiro atoms. The molecule has 1 heterocycles. The van der Waals surface area contributed by atoms with Crippen molar-refractivity contribution in [2.24, 2.45) is 0 Å². The van der Waals surface area contributed by atoms with Crippen LogP contribution in [-0.4, -0.2) is 35.3 Å². The van der Waals surface area contributed by atoms with Crippen LogP contribution in [-0.2, 0) is 28.0 Å². The molecule has 1 N–H and O–H groups in total. The Morgan fingerprint density at radius 1 is 1.10 bits per heavy atom. The van der Waals surface area contributed by atoms with Gasteiger partial charge in [-0.05, 0) is 68.9 Å². The molecule has 1 aliphatic heterocycles. The van der Waals surface area contributed by atoms with Gasteiger partial charge in [0.05, 0.1) is 0 Å². The lowest BCUT2D eigenvalue weighted by Crippen LogP contribution is -2.46. The van der Waals surface area contributed by atoms with Crippen LogP contribution in [0.3, 0.4) is 0 Å². The molecule has 0 unspecified atom stereocenters. The highest BCUT2D eigenvalue weighted by atomic mass is 16.2. The molecule has 0 bridgehead atoms. The van der Waals surface area contributed by atoms with E-state index in [1.165, 1.54) is 11.1 Å². The maximum Gasteiger partial charge on any atom is 0.325 e. The first-order chi connectivity index (χ1) is 14.3. The van der Waals surface area contributed by atoms with Gasteiger partial charge in [0.1, 0.15) is 12.1 Å². The summed E-state index contributed by atoms with van der Waals surface area (Å²) in [7, 11) is 0. The van der Waals surface area contributed by atoms with E-state index in [4.69, 9.17) is 0 Å². The molecule has 6 nitrogen and oxygen atoms in total. The summed E-state index contributed by atoms with van der Waals surface area (Å²) in [5, 5.41) is 2.82. The van der Waals surface area contributed by atoms with Crippen molar-refractivity contribution in [3.8, 4) is 0 Å². The van der Waals surface area contributed by atoms with Gasteiger partial charge in [0.25, 0.3) is 5.91 Å². The first kappa shape index (κ1) is 20.1. The van der Waals surface area contributed by atoms with Gasteiger partial charge in [0.15, 0.2) is 0 Å². The number of imide groups is 1. The molecule has 2 aliphatic rings. The minimum Gasteiger partial charge on any atom is -0.319 e. The molecule has 1 fully saturated rings. The number of anilines is 1. The molecule has 0 saturated carbocycles. The van der Waals surface area contributed by atoms with Crippen LogP contribution in [0, 0.1) is 0 Å². The van der Waals surface area contributed by atoms with E-state index < -0.39 is 17.5 Å². The zero-order chi connectivity index (χ0) is 21.5. The van der Waals surface area contributed by atoms with Crippen molar-refractivity contribution < 1.29 is 14.4 Å². The fourth-order valence-corrected chi connectivity index (χ4v) is 4.45. The van der Waals surface area contributed by atoms with Crippen LogP contribution in [0.25, 0.3) is 0 Å². The summed E-state index contributed by atoms with van der Waals surface area (Å²) in [4.78, 5) is 41.7. The molecule has 1 aliphatic carbocycles. The minimum absolute atomic E-state index is 0.108. The number of hydrogen-bond acceptors (Lipinski definition) is 3. The number of urea groups is 1. The van der Waals surface area contributed by atoms with E-state index in [1.54, 1.807) is 11.8 Å². The third kappa shape index (κ3) is 3.36. The van der Waals surface area contributed by atoms with Crippen molar-refractivity contribution in [1.82, 2.24) is 10.2 Å². The maximum atomic E-state index is 13.3. The number of carbonyl (C=O) groups excluding carboxylic acids is 3. The molecule has 30 heavy (non-hydrogen) atoms. The number of amides is 4. The largest absolute Gasteiger partial charge is 0.325 e. The zero-order valence-electron chi connectivity index (χ0n) is 17.6. The number of aryl methyl sites for hydroxylation is 2. The third-order valence-electron chi connectivity index (χ3n) is 6.06. The lowest BCUT2D eigenvalue weighted by molar-refractivity contribution is -0.134. The summed E-state index contributed by atoms with van der Waals surface area (Å²) in [6.07, 6.45) is 3.16. The Labute approximate surface area is 176 Å². The van der Waals surface area contributed by atoms with Crippen LogP contribution in [0.5, 0.6) is 0 Å². The molecule has 2 aromatic rings. The van der Waals surface area contributed by atoms with Gasteiger partial charge in [0, 0.05) is 11.7 Å². The molecular weight excluding hydrogens is 378 g/mol. The highest BCUT2D eigenvalue weighted by Gasteiger charge is 2.50. The Bertz CT molecular complexity index is 1000. The fraction of sp³-hybridized carbons (Fsp3) is 0.375. The van der Waals surface area contributed by atoms with Crippen LogP contribution in [0.1, 0.15) is 43.9 Å². The molecule has 0 aromatic heterocycles. The quantitative estimate of drug-likeness (QED) is 0.776. The van der Waals surface area contributed by atoms with Gasteiger partial charge in [-0.3, -0.25) is 14.5 Å². The first-order valence-electron chi connectivity index (χ1n) is 10.4. The lowest BCUT2D eigenvalue weighted by atomic mass is 9.89. The minimum atomic E-state index is -1.16. The Morgan fingerprint density at radius 2 is 1.80 bits per heavy atom. The van der Waals surface area contributed by atoms with Gasteiger partial charge in [-0.25, -0.2) is 4.79 Å². The summed E-state index contributed by atoms with van der Waals surface area (Å²) < 4.78 is 0. The molecule has 6 heteroatoms. The van der Waals surface area contributed by atoms with E-state index in [1.807, 2.05) is 62.4 Å². The highest BCUT2D eigenvalue weighted by Crippen LogP contribution is 2.32. The third-order valence-corrected chi connectivity index (χ3v) is 6.06. The molecule has 1 saturated heterocycles. The molecule has 4 amide bonds. The number of nitrogens with zero attached hydrogens (tertiary/aromatic N) is 2. The number of fused-ring (bicyclic) bond motifs is 1. The van der Waals surface area contributed by atoms with Gasteiger partial charge >= 0.3 is 6.03 Å². The molecule has 1 atom stereocenters. The number of para-hydroxylation sites is 1. The summed E-state index contributed by atoms with van der Waals surface area (Å²) in [6.45, 7) is 5.24. The number of carbonyl (C=O) groups is 3. The highest BCUT2D eigenvalue weighted by molar-refractivity contribution is 6.10. The lowest BCUT2D eigenvalue weighted by Gasteiger charge is -2.28. The zero-order valence-corrected chi connectivity index (χ0v) is 17.6. The van der Waals surface area contributed by atoms with E-state index in [9.17, 15) is 14.4 Å². The second-order valence-electron chi connectivity index (χ2n) is 8.48. The predicted octanol–water partition coefficient (Wildman–Crippen LogP) is 3.38. The Balaban J connectivity index is 1.57. The van der Waals surface area contributed by atoms with Crippen molar-refractivity contribution in [1.29, 1.82) is 0 Å². The van der Waals surface area contributed by atoms with Crippen LogP contribution < -0.4 is 10.2 Å².